The molecule has 0 spiro atoms. The number of benzene rings is 2. The number of furan rings is 1. The van der Waals surface area contributed by atoms with Crippen LogP contribution in [0.25, 0.3) is 0 Å². The van der Waals surface area contributed by atoms with Gasteiger partial charge in [0.25, 0.3) is 5.91 Å². The molecule has 0 aliphatic heterocycles. The Balaban J connectivity index is 1.67. The Hall–Kier alpha value is -3.25. The van der Waals surface area contributed by atoms with Crippen LogP contribution in [-0.2, 0) is 4.79 Å². The minimum absolute atomic E-state index is 0.0742. The van der Waals surface area contributed by atoms with Crippen LogP contribution in [0.2, 0.25) is 0 Å². The zero-order chi connectivity index (χ0) is 20.6. The van der Waals surface area contributed by atoms with Crippen LogP contribution in [0.4, 0.5) is 0 Å². The van der Waals surface area contributed by atoms with Crippen molar-refractivity contribution in [1.29, 1.82) is 0 Å². The van der Waals surface area contributed by atoms with E-state index >= 15 is 0 Å². The van der Waals surface area contributed by atoms with Crippen molar-refractivity contribution in [2.45, 2.75) is 19.0 Å². The number of hydrogen-bond acceptors (Lipinski definition) is 4. The molecule has 152 valence electrons. The topological polar surface area (TPSA) is 77.3 Å². The van der Waals surface area contributed by atoms with E-state index in [2.05, 4.69) is 5.32 Å². The number of nitrogens with two attached hydrogens (primary N) is 1. The molecule has 0 bridgehead atoms. The van der Waals surface area contributed by atoms with Gasteiger partial charge in [-0.25, -0.2) is 0 Å². The van der Waals surface area contributed by atoms with Crippen molar-refractivity contribution in [2.75, 3.05) is 20.8 Å². The summed E-state index contributed by atoms with van der Waals surface area (Å²) < 4.78 is 16.3. The maximum Gasteiger partial charge on any atom is 0.275 e. The molecule has 0 aliphatic carbocycles. The minimum Gasteiger partial charge on any atom is -0.497 e. The molecule has 6 nitrogen and oxygen atoms in total. The van der Waals surface area contributed by atoms with E-state index in [4.69, 9.17) is 13.9 Å². The van der Waals surface area contributed by atoms with Gasteiger partial charge in [-0.3, -0.25) is 4.79 Å². The number of quaternary nitrogens is 1. The van der Waals surface area contributed by atoms with Gasteiger partial charge in [-0.15, -0.1) is 0 Å². The first-order valence-corrected chi connectivity index (χ1v) is 9.55. The molecule has 1 heterocycles. The fraction of sp³-hybridized carbons (Fsp3) is 0.261. The molecule has 0 radical (unpaired) electrons. The molecule has 0 saturated heterocycles. The predicted molar refractivity (Wildman–Crippen MR) is 110 cm³/mol. The van der Waals surface area contributed by atoms with Crippen molar-refractivity contribution in [3.05, 3.63) is 83.8 Å². The Labute approximate surface area is 170 Å². The van der Waals surface area contributed by atoms with Crippen molar-refractivity contribution in [3.8, 4) is 11.5 Å². The number of hydrogen-bond donors (Lipinski definition) is 2. The summed E-state index contributed by atoms with van der Waals surface area (Å²) in [4.78, 5) is 12.6. The van der Waals surface area contributed by atoms with Gasteiger partial charge in [0.15, 0.2) is 18.3 Å². The zero-order valence-corrected chi connectivity index (χ0v) is 16.9. The molecule has 29 heavy (non-hydrogen) atoms. The number of carbonyl (C=O) groups excluding carboxylic acids is 1. The number of amides is 1. The van der Waals surface area contributed by atoms with Crippen molar-refractivity contribution in [1.82, 2.24) is 5.32 Å². The Bertz CT molecular complexity index is 910. The first kappa shape index (κ1) is 20.5. The standard InChI is InChI=1S/C23H26N2O4/c1-16(19-14-18(27-2)11-12-20(19)28-3)25-22(26)15-24-23(21-10-7-13-29-21)17-8-5-4-6-9-17/h4-14,16,23-24H,15H2,1-3H3,(H,25,26)/p+1/t16-,23-/m1/s1. The summed E-state index contributed by atoms with van der Waals surface area (Å²) in [5, 5.41) is 5.01. The maximum atomic E-state index is 12.6. The third-order valence-electron chi connectivity index (χ3n) is 4.83. The van der Waals surface area contributed by atoms with E-state index in [1.54, 1.807) is 20.5 Å². The van der Waals surface area contributed by atoms with Crippen molar-refractivity contribution in [3.63, 3.8) is 0 Å². The average Bonchev–Trinajstić information content (AvgIpc) is 3.28. The Morgan fingerprint density at radius 1 is 1.07 bits per heavy atom. The number of rotatable bonds is 9. The molecule has 0 saturated carbocycles. The van der Waals surface area contributed by atoms with Crippen LogP contribution in [-0.4, -0.2) is 26.7 Å². The summed E-state index contributed by atoms with van der Waals surface area (Å²) >= 11 is 0. The number of nitrogens with one attached hydrogen (secondary N) is 1. The molecule has 0 fully saturated rings. The highest BCUT2D eigenvalue weighted by atomic mass is 16.5. The van der Waals surface area contributed by atoms with Crippen LogP contribution in [0.15, 0.2) is 71.3 Å². The van der Waals surface area contributed by atoms with Crippen LogP contribution in [0.1, 0.15) is 35.9 Å². The maximum absolute atomic E-state index is 12.6. The number of carbonyl (C=O) groups is 1. The van der Waals surface area contributed by atoms with Gasteiger partial charge in [-0.1, -0.05) is 30.3 Å². The van der Waals surface area contributed by atoms with Crippen LogP contribution >= 0.6 is 0 Å². The first-order chi connectivity index (χ1) is 14.1. The molecule has 3 aromatic rings. The van der Waals surface area contributed by atoms with Crippen LogP contribution < -0.4 is 20.1 Å². The smallest absolute Gasteiger partial charge is 0.275 e. The Morgan fingerprint density at radius 3 is 2.52 bits per heavy atom. The van der Waals surface area contributed by atoms with Gasteiger partial charge in [-0.05, 0) is 37.3 Å². The highest BCUT2D eigenvalue weighted by molar-refractivity contribution is 5.77. The average molecular weight is 395 g/mol. The molecule has 0 aliphatic rings. The normalized spacial score (nSPS) is 12.8. The molecule has 1 amide bonds. The second-order valence-corrected chi connectivity index (χ2v) is 6.74. The van der Waals surface area contributed by atoms with Gasteiger partial charge in [0.1, 0.15) is 11.5 Å². The van der Waals surface area contributed by atoms with Gasteiger partial charge in [-0.2, -0.15) is 0 Å². The van der Waals surface area contributed by atoms with Gasteiger partial charge in [0, 0.05) is 11.1 Å². The molecule has 2 aromatic carbocycles. The van der Waals surface area contributed by atoms with E-state index in [0.29, 0.717) is 5.75 Å². The lowest BCUT2D eigenvalue weighted by Crippen LogP contribution is -2.87. The fourth-order valence-electron chi connectivity index (χ4n) is 3.33. The highest BCUT2D eigenvalue weighted by Crippen LogP contribution is 2.29. The van der Waals surface area contributed by atoms with E-state index in [1.165, 1.54) is 0 Å². The summed E-state index contributed by atoms with van der Waals surface area (Å²) in [5.74, 6) is 2.16. The first-order valence-electron chi connectivity index (χ1n) is 9.55. The van der Waals surface area contributed by atoms with Crippen molar-refractivity contribution >= 4 is 5.91 Å². The third kappa shape index (κ3) is 5.18. The fourth-order valence-corrected chi connectivity index (χ4v) is 3.33. The Kier molecular flexibility index (Phi) is 6.92. The third-order valence-corrected chi connectivity index (χ3v) is 4.83. The second kappa shape index (κ2) is 9.80. The summed E-state index contributed by atoms with van der Waals surface area (Å²) in [7, 11) is 3.23. The molecule has 6 heteroatoms. The van der Waals surface area contributed by atoms with Gasteiger partial charge in [0.05, 0.1) is 26.5 Å². The minimum atomic E-state index is -0.222. The van der Waals surface area contributed by atoms with Crippen LogP contribution in [0.5, 0.6) is 11.5 Å². The lowest BCUT2D eigenvalue weighted by atomic mass is 10.0. The molecule has 3 N–H and O–H groups in total. The van der Waals surface area contributed by atoms with Gasteiger partial charge >= 0.3 is 0 Å². The molecule has 2 atom stereocenters. The van der Waals surface area contributed by atoms with Gasteiger partial charge < -0.3 is 24.5 Å². The van der Waals surface area contributed by atoms with Crippen LogP contribution in [0, 0.1) is 0 Å². The predicted octanol–water partition coefficient (Wildman–Crippen LogP) is 2.83. The second-order valence-electron chi connectivity index (χ2n) is 6.74. The monoisotopic (exact) mass is 395 g/mol. The van der Waals surface area contributed by atoms with E-state index in [1.807, 2.05) is 72.9 Å². The number of ether oxygens (including phenoxy) is 2. The Morgan fingerprint density at radius 2 is 1.86 bits per heavy atom. The molecule has 0 unspecified atom stereocenters. The summed E-state index contributed by atoms with van der Waals surface area (Å²) in [6.45, 7) is 2.19. The lowest BCUT2D eigenvalue weighted by Gasteiger charge is -2.19. The highest BCUT2D eigenvalue weighted by Gasteiger charge is 2.22. The molecule has 1 aromatic heterocycles. The van der Waals surface area contributed by atoms with Crippen molar-refractivity contribution in [2.24, 2.45) is 0 Å². The SMILES string of the molecule is COc1ccc(OC)c([C@@H](C)NC(=O)C[NH2+][C@H](c2ccccc2)c2ccco2)c1. The lowest BCUT2D eigenvalue weighted by molar-refractivity contribution is -0.678. The largest absolute Gasteiger partial charge is 0.497 e. The van der Waals surface area contributed by atoms with E-state index in [-0.39, 0.29) is 24.5 Å². The molecular formula is C23H27N2O4+. The summed E-state index contributed by atoms with van der Waals surface area (Å²) in [5.41, 5.74) is 1.95. The molecule has 3 rings (SSSR count). The van der Waals surface area contributed by atoms with E-state index in [9.17, 15) is 4.79 Å². The molecular weight excluding hydrogens is 368 g/mol. The number of methoxy groups -OCH3 is 2. The van der Waals surface area contributed by atoms with Crippen LogP contribution in [0.3, 0.4) is 0 Å². The zero-order valence-electron chi connectivity index (χ0n) is 16.9. The van der Waals surface area contributed by atoms with E-state index < -0.39 is 0 Å². The quantitative estimate of drug-likeness (QED) is 0.584. The summed E-state index contributed by atoms with van der Waals surface area (Å²) in [6.07, 6.45) is 1.65. The van der Waals surface area contributed by atoms with E-state index in [0.717, 1.165) is 22.6 Å². The van der Waals surface area contributed by atoms with Gasteiger partial charge in [0.2, 0.25) is 0 Å². The van der Waals surface area contributed by atoms with Crippen molar-refractivity contribution < 1.29 is 24.0 Å². The summed E-state index contributed by atoms with van der Waals surface area (Å²) in [6, 6.07) is 19.0.